The van der Waals surface area contributed by atoms with Gasteiger partial charge in [-0.05, 0) is 29.3 Å². The zero-order chi connectivity index (χ0) is 23.1. The molecule has 11 heteroatoms. The first kappa shape index (κ1) is 22.2. The zero-order valence-electron chi connectivity index (χ0n) is 16.6. The lowest BCUT2D eigenvalue weighted by Crippen LogP contribution is -2.60. The highest BCUT2D eigenvalue weighted by Crippen LogP contribution is 2.46. The molecule has 0 fully saturated rings. The average Bonchev–Trinajstić information content (AvgIpc) is 3.39. The molecule has 1 aromatic heterocycles. The summed E-state index contributed by atoms with van der Waals surface area (Å²) in [5, 5.41) is 17.8. The normalized spacial score (nSPS) is 19.0. The maximum absolute atomic E-state index is 14.6. The smallest absolute Gasteiger partial charge is 0.357 e. The molecule has 0 amide bonds. The van der Waals surface area contributed by atoms with E-state index in [2.05, 4.69) is 10.1 Å². The number of carbonyl (C=O) groups is 1. The number of aromatic nitrogens is 1. The van der Waals surface area contributed by atoms with E-state index in [1.807, 2.05) is 12.1 Å². The van der Waals surface area contributed by atoms with Crippen molar-refractivity contribution in [2.75, 3.05) is 11.6 Å². The Morgan fingerprint density at radius 2 is 2.00 bits per heavy atom. The first-order valence-electron chi connectivity index (χ1n) is 9.55. The van der Waals surface area contributed by atoms with Gasteiger partial charge in [0.2, 0.25) is 10.9 Å². The molecular formula is C21H17F4N3O3S. The van der Waals surface area contributed by atoms with Crippen LogP contribution in [0.4, 0.5) is 22.7 Å². The Bertz CT molecular complexity index is 1200. The molecule has 0 bridgehead atoms. The van der Waals surface area contributed by atoms with Crippen molar-refractivity contribution in [1.29, 1.82) is 0 Å². The highest BCUT2D eigenvalue weighted by molar-refractivity contribution is 7.14. The number of benzene rings is 2. The second-order valence-corrected chi connectivity index (χ2v) is 7.91. The first-order chi connectivity index (χ1) is 15.2. The Labute approximate surface area is 183 Å². The van der Waals surface area contributed by atoms with Gasteiger partial charge in [-0.3, -0.25) is 0 Å². The van der Waals surface area contributed by atoms with Crippen molar-refractivity contribution in [2.24, 2.45) is 5.10 Å². The number of hydrogen-bond acceptors (Lipinski definition) is 7. The topological polar surface area (TPSA) is 75.0 Å². The highest BCUT2D eigenvalue weighted by atomic mass is 32.1. The number of rotatable bonds is 6. The maximum Gasteiger partial charge on any atom is 0.357 e. The number of halogens is 4. The number of aliphatic hydroxyl groups is 1. The number of esters is 1. The van der Waals surface area contributed by atoms with E-state index in [9.17, 15) is 27.5 Å². The van der Waals surface area contributed by atoms with Gasteiger partial charge >= 0.3 is 18.3 Å². The van der Waals surface area contributed by atoms with E-state index in [0.29, 0.717) is 21.9 Å². The molecule has 3 aromatic rings. The molecule has 1 atom stereocenters. The molecule has 1 N–H and O–H groups in total. The van der Waals surface area contributed by atoms with Gasteiger partial charge in [0, 0.05) is 11.8 Å². The van der Waals surface area contributed by atoms with Crippen LogP contribution >= 0.6 is 11.3 Å². The fourth-order valence-corrected chi connectivity index (χ4v) is 4.18. The van der Waals surface area contributed by atoms with E-state index in [0.717, 1.165) is 10.8 Å². The van der Waals surface area contributed by atoms with Gasteiger partial charge in [0.25, 0.3) is 0 Å². The minimum Gasteiger partial charge on any atom is -0.461 e. The van der Waals surface area contributed by atoms with E-state index in [1.165, 1.54) is 5.38 Å². The summed E-state index contributed by atoms with van der Waals surface area (Å²) in [6, 6.07) is 12.3. The van der Waals surface area contributed by atoms with E-state index in [1.54, 1.807) is 37.3 Å². The summed E-state index contributed by atoms with van der Waals surface area (Å²) in [5.41, 5.74) is -3.22. The van der Waals surface area contributed by atoms with Crippen molar-refractivity contribution < 1.29 is 32.2 Å². The van der Waals surface area contributed by atoms with Gasteiger partial charge in [0.05, 0.1) is 12.3 Å². The van der Waals surface area contributed by atoms with Crippen LogP contribution in [0.3, 0.4) is 0 Å². The largest absolute Gasteiger partial charge is 0.461 e. The Morgan fingerprint density at radius 3 is 2.69 bits per heavy atom. The van der Waals surface area contributed by atoms with Gasteiger partial charge in [-0.25, -0.2) is 18.6 Å². The SMILES string of the molecule is CCOC(=O)c1csc(N2N=C(c3ccc4ccccc4c3)C[C@@]2(O)C(F)(F)C(F)F)n1. The second kappa shape index (κ2) is 8.14. The summed E-state index contributed by atoms with van der Waals surface area (Å²) in [6.45, 7) is 1.64. The third-order valence-corrected chi connectivity index (χ3v) is 5.85. The fourth-order valence-electron chi connectivity index (χ4n) is 3.37. The minimum atomic E-state index is -4.84. The molecule has 0 spiro atoms. The van der Waals surface area contributed by atoms with Gasteiger partial charge in [-0.15, -0.1) is 11.3 Å². The van der Waals surface area contributed by atoms with Crippen LogP contribution < -0.4 is 5.01 Å². The Balaban J connectivity index is 1.79. The third-order valence-electron chi connectivity index (χ3n) is 5.03. The summed E-state index contributed by atoms with van der Waals surface area (Å²) in [4.78, 5) is 15.8. The standard InChI is InChI=1S/C21H17F4N3O3S/c1-2-31-17(29)16-11-32-19(26-16)28-20(30,21(24,25)18(22)23)10-15(27-28)14-8-7-12-5-3-4-6-13(12)9-14/h3-9,11,18,30H,2,10H2,1H3/t20-/m1/s1. The molecular weight excluding hydrogens is 450 g/mol. The Kier molecular flexibility index (Phi) is 5.63. The molecule has 32 heavy (non-hydrogen) atoms. The number of ether oxygens (including phenoxy) is 1. The van der Waals surface area contributed by atoms with Crippen LogP contribution in [-0.2, 0) is 4.74 Å². The van der Waals surface area contributed by atoms with Crippen LogP contribution in [0.15, 0.2) is 52.9 Å². The third kappa shape index (κ3) is 3.61. The molecule has 168 valence electrons. The van der Waals surface area contributed by atoms with Gasteiger partial charge in [-0.1, -0.05) is 36.4 Å². The van der Waals surface area contributed by atoms with Gasteiger partial charge in [-0.2, -0.15) is 18.9 Å². The van der Waals surface area contributed by atoms with E-state index in [-0.39, 0.29) is 23.1 Å². The summed E-state index contributed by atoms with van der Waals surface area (Å²) in [5.74, 6) is -5.65. The molecule has 0 saturated carbocycles. The number of carbonyl (C=O) groups excluding carboxylic acids is 1. The lowest BCUT2D eigenvalue weighted by Gasteiger charge is -2.36. The number of fused-ring (bicyclic) bond motifs is 1. The number of nitrogens with zero attached hydrogens (tertiary/aromatic N) is 3. The van der Waals surface area contributed by atoms with E-state index < -0.39 is 30.5 Å². The summed E-state index contributed by atoms with van der Waals surface area (Å²) in [6.07, 6.45) is -5.04. The molecule has 1 aliphatic heterocycles. The Morgan fingerprint density at radius 1 is 1.28 bits per heavy atom. The molecule has 0 radical (unpaired) electrons. The lowest BCUT2D eigenvalue weighted by molar-refractivity contribution is -0.237. The summed E-state index contributed by atoms with van der Waals surface area (Å²) in [7, 11) is 0. The van der Waals surface area contributed by atoms with Crippen LogP contribution in [0.1, 0.15) is 29.4 Å². The van der Waals surface area contributed by atoms with Crippen molar-refractivity contribution in [2.45, 2.75) is 31.4 Å². The molecule has 0 saturated heterocycles. The minimum absolute atomic E-state index is 0.0218. The molecule has 2 aromatic carbocycles. The van der Waals surface area contributed by atoms with Crippen molar-refractivity contribution in [3.05, 3.63) is 59.1 Å². The van der Waals surface area contributed by atoms with E-state index >= 15 is 0 Å². The monoisotopic (exact) mass is 467 g/mol. The molecule has 2 heterocycles. The van der Waals surface area contributed by atoms with Crippen molar-refractivity contribution >= 4 is 38.9 Å². The number of hydrogen-bond donors (Lipinski definition) is 1. The molecule has 6 nitrogen and oxygen atoms in total. The number of anilines is 1. The summed E-state index contributed by atoms with van der Waals surface area (Å²) >= 11 is 0.700. The van der Waals surface area contributed by atoms with Crippen molar-refractivity contribution in [1.82, 2.24) is 4.98 Å². The van der Waals surface area contributed by atoms with Crippen LogP contribution in [0, 0.1) is 0 Å². The Hall–Kier alpha value is -3.05. The first-order valence-corrected chi connectivity index (χ1v) is 10.4. The lowest BCUT2D eigenvalue weighted by atomic mass is 9.95. The average molecular weight is 467 g/mol. The molecule has 1 aliphatic rings. The highest BCUT2D eigenvalue weighted by Gasteiger charge is 2.66. The number of hydrazone groups is 1. The van der Waals surface area contributed by atoms with Crippen LogP contribution in [0.5, 0.6) is 0 Å². The van der Waals surface area contributed by atoms with E-state index in [4.69, 9.17) is 4.74 Å². The van der Waals surface area contributed by atoms with Crippen molar-refractivity contribution in [3.63, 3.8) is 0 Å². The molecule has 0 unspecified atom stereocenters. The van der Waals surface area contributed by atoms with Gasteiger partial charge in [0.15, 0.2) is 5.69 Å². The maximum atomic E-state index is 14.6. The fraction of sp³-hybridized carbons (Fsp3) is 0.286. The van der Waals surface area contributed by atoms with Gasteiger partial charge < -0.3 is 9.84 Å². The van der Waals surface area contributed by atoms with Crippen molar-refractivity contribution in [3.8, 4) is 0 Å². The summed E-state index contributed by atoms with van der Waals surface area (Å²) < 4.78 is 60.5. The van der Waals surface area contributed by atoms with Gasteiger partial charge in [0.1, 0.15) is 0 Å². The quantitative estimate of drug-likeness (QED) is 0.421. The van der Waals surface area contributed by atoms with Crippen LogP contribution in [-0.4, -0.2) is 46.5 Å². The molecule has 4 rings (SSSR count). The second-order valence-electron chi connectivity index (χ2n) is 7.07. The number of thiazole rings is 1. The zero-order valence-corrected chi connectivity index (χ0v) is 17.5. The molecule has 0 aliphatic carbocycles. The van der Waals surface area contributed by atoms with Crippen LogP contribution in [0.25, 0.3) is 10.8 Å². The van der Waals surface area contributed by atoms with Crippen LogP contribution in [0.2, 0.25) is 0 Å². The predicted octanol–water partition coefficient (Wildman–Crippen LogP) is 4.68. The predicted molar refractivity (Wildman–Crippen MR) is 112 cm³/mol. The number of alkyl halides is 4.